The van der Waals surface area contributed by atoms with Crippen LogP contribution in [0.4, 0.5) is 10.5 Å². The van der Waals surface area contributed by atoms with Gasteiger partial charge < -0.3 is 10.1 Å². The standard InChI is InChI=1S/C17H18ClN3O5/c1-4-8-20-10(3)14(16(22)26-5-2)15(19-17(20)23)11-6-7-12(18)13(9-11)21(24)25/h4,6-7,9,15H,1,5,8H2,2-3H3,(H,19,23)/t15-/m1/s1. The molecule has 1 aromatic carbocycles. The van der Waals surface area contributed by atoms with Gasteiger partial charge in [-0.2, -0.15) is 0 Å². The SMILES string of the molecule is C=CCN1C(=O)N[C@H](c2ccc(Cl)c([N+](=O)[O-])c2)C(C(=O)OCC)=C1C. The number of carbonyl (C=O) groups excluding carboxylic acids is 2. The van der Waals surface area contributed by atoms with Crippen molar-refractivity contribution in [1.29, 1.82) is 0 Å². The zero-order valence-corrected chi connectivity index (χ0v) is 15.1. The number of rotatable bonds is 6. The number of nitrogens with zero attached hydrogens (tertiary/aromatic N) is 2. The molecule has 0 radical (unpaired) electrons. The van der Waals surface area contributed by atoms with E-state index in [0.29, 0.717) is 11.3 Å². The number of esters is 1. The van der Waals surface area contributed by atoms with Gasteiger partial charge in [0.15, 0.2) is 0 Å². The maximum absolute atomic E-state index is 12.5. The first-order valence-corrected chi connectivity index (χ1v) is 8.20. The molecule has 1 aromatic rings. The van der Waals surface area contributed by atoms with Crippen molar-refractivity contribution in [3.63, 3.8) is 0 Å². The Morgan fingerprint density at radius 2 is 2.23 bits per heavy atom. The molecule has 0 aromatic heterocycles. The lowest BCUT2D eigenvalue weighted by atomic mass is 9.94. The van der Waals surface area contributed by atoms with Gasteiger partial charge in [-0.05, 0) is 25.5 Å². The summed E-state index contributed by atoms with van der Waals surface area (Å²) in [5.74, 6) is -0.610. The quantitative estimate of drug-likeness (QED) is 0.353. The fraction of sp³-hybridized carbons (Fsp3) is 0.294. The topological polar surface area (TPSA) is 102 Å². The van der Waals surface area contributed by atoms with Crippen LogP contribution in [-0.2, 0) is 9.53 Å². The fourth-order valence-corrected chi connectivity index (χ4v) is 2.89. The number of carbonyl (C=O) groups is 2. The lowest BCUT2D eigenvalue weighted by Crippen LogP contribution is -2.48. The molecule has 1 N–H and O–H groups in total. The minimum Gasteiger partial charge on any atom is -0.463 e. The van der Waals surface area contributed by atoms with E-state index in [4.69, 9.17) is 16.3 Å². The van der Waals surface area contributed by atoms with E-state index in [2.05, 4.69) is 11.9 Å². The number of nitro groups is 1. The Hall–Kier alpha value is -2.87. The first-order valence-electron chi connectivity index (χ1n) is 7.82. The molecule has 26 heavy (non-hydrogen) atoms. The molecule has 0 fully saturated rings. The minimum atomic E-state index is -0.890. The maximum atomic E-state index is 12.5. The lowest BCUT2D eigenvalue weighted by Gasteiger charge is -2.34. The molecule has 2 amide bonds. The number of benzene rings is 1. The summed E-state index contributed by atoms with van der Waals surface area (Å²) in [6, 6.07) is 2.78. The normalized spacial score (nSPS) is 17.0. The number of amides is 2. The van der Waals surface area contributed by atoms with E-state index in [1.807, 2.05) is 0 Å². The summed E-state index contributed by atoms with van der Waals surface area (Å²) in [6.45, 7) is 7.23. The Bertz CT molecular complexity index is 806. The van der Waals surface area contributed by atoms with Crippen LogP contribution in [-0.4, -0.2) is 35.0 Å². The monoisotopic (exact) mass is 379 g/mol. The fourth-order valence-electron chi connectivity index (χ4n) is 2.70. The number of allylic oxidation sites excluding steroid dienone is 1. The second-order valence-corrected chi connectivity index (χ2v) is 5.88. The van der Waals surface area contributed by atoms with Crippen LogP contribution in [0.15, 0.2) is 42.1 Å². The Balaban J connectivity index is 2.60. The summed E-state index contributed by atoms with van der Waals surface area (Å²) in [6.07, 6.45) is 1.53. The molecule has 0 spiro atoms. The predicted molar refractivity (Wildman–Crippen MR) is 95.6 cm³/mol. The first-order chi connectivity index (χ1) is 12.3. The summed E-state index contributed by atoms with van der Waals surface area (Å²) < 4.78 is 5.11. The number of urea groups is 1. The smallest absolute Gasteiger partial charge is 0.338 e. The molecular weight excluding hydrogens is 362 g/mol. The minimum absolute atomic E-state index is 0.0347. The van der Waals surface area contributed by atoms with Gasteiger partial charge in [0, 0.05) is 18.3 Å². The third-order valence-corrected chi connectivity index (χ3v) is 4.22. The van der Waals surface area contributed by atoms with E-state index < -0.39 is 23.0 Å². The van der Waals surface area contributed by atoms with Gasteiger partial charge in [0.1, 0.15) is 5.02 Å². The summed E-state index contributed by atoms with van der Waals surface area (Å²) >= 11 is 5.85. The van der Waals surface area contributed by atoms with Crippen LogP contribution in [0, 0.1) is 10.1 Å². The lowest BCUT2D eigenvalue weighted by molar-refractivity contribution is -0.384. The largest absolute Gasteiger partial charge is 0.463 e. The number of ether oxygens (including phenoxy) is 1. The van der Waals surface area contributed by atoms with Crippen LogP contribution in [0.1, 0.15) is 25.5 Å². The zero-order chi connectivity index (χ0) is 19.4. The number of hydrogen-bond acceptors (Lipinski definition) is 5. The van der Waals surface area contributed by atoms with Crippen LogP contribution < -0.4 is 5.32 Å². The molecule has 0 aliphatic carbocycles. The Morgan fingerprint density at radius 3 is 2.81 bits per heavy atom. The summed E-state index contributed by atoms with van der Waals surface area (Å²) in [7, 11) is 0. The third-order valence-electron chi connectivity index (χ3n) is 3.90. The van der Waals surface area contributed by atoms with E-state index in [9.17, 15) is 19.7 Å². The highest BCUT2D eigenvalue weighted by atomic mass is 35.5. The number of nitro benzene ring substituents is 1. The van der Waals surface area contributed by atoms with Crippen molar-refractivity contribution in [1.82, 2.24) is 10.2 Å². The van der Waals surface area contributed by atoms with E-state index in [1.165, 1.54) is 29.2 Å². The molecule has 1 aliphatic rings. The van der Waals surface area contributed by atoms with Gasteiger partial charge >= 0.3 is 12.0 Å². The molecule has 1 heterocycles. The Kier molecular flexibility index (Phi) is 5.99. The van der Waals surface area contributed by atoms with Gasteiger partial charge in [-0.25, -0.2) is 9.59 Å². The average Bonchev–Trinajstić information content (AvgIpc) is 2.58. The summed E-state index contributed by atoms with van der Waals surface area (Å²) in [4.78, 5) is 36.8. The van der Waals surface area contributed by atoms with Gasteiger partial charge in [-0.3, -0.25) is 15.0 Å². The molecule has 2 rings (SSSR count). The Labute approximate surface area is 155 Å². The van der Waals surface area contributed by atoms with Crippen molar-refractivity contribution < 1.29 is 19.2 Å². The van der Waals surface area contributed by atoms with E-state index in [-0.39, 0.29) is 29.4 Å². The van der Waals surface area contributed by atoms with Crippen molar-refractivity contribution in [3.05, 3.63) is 62.8 Å². The molecule has 0 saturated carbocycles. The second-order valence-electron chi connectivity index (χ2n) is 5.47. The number of hydrogen-bond donors (Lipinski definition) is 1. The third kappa shape index (κ3) is 3.70. The highest BCUT2D eigenvalue weighted by Gasteiger charge is 2.36. The van der Waals surface area contributed by atoms with Gasteiger partial charge in [-0.1, -0.05) is 23.7 Å². The van der Waals surface area contributed by atoms with Crippen molar-refractivity contribution in [2.75, 3.05) is 13.2 Å². The van der Waals surface area contributed by atoms with Crippen LogP contribution in [0.2, 0.25) is 5.02 Å². The van der Waals surface area contributed by atoms with Crippen LogP contribution in [0.25, 0.3) is 0 Å². The zero-order valence-electron chi connectivity index (χ0n) is 14.3. The number of halogens is 1. The molecule has 1 aliphatic heterocycles. The molecule has 9 heteroatoms. The van der Waals surface area contributed by atoms with Crippen LogP contribution in [0.3, 0.4) is 0 Å². The highest BCUT2D eigenvalue weighted by molar-refractivity contribution is 6.32. The second kappa shape index (κ2) is 8.01. The van der Waals surface area contributed by atoms with Gasteiger partial charge in [-0.15, -0.1) is 6.58 Å². The first kappa shape index (κ1) is 19.5. The van der Waals surface area contributed by atoms with E-state index in [0.717, 1.165) is 0 Å². The predicted octanol–water partition coefficient (Wildman–Crippen LogP) is 3.34. The van der Waals surface area contributed by atoms with Crippen molar-refractivity contribution >= 4 is 29.3 Å². The van der Waals surface area contributed by atoms with Crippen LogP contribution >= 0.6 is 11.6 Å². The van der Waals surface area contributed by atoms with Crippen LogP contribution in [0.5, 0.6) is 0 Å². The summed E-state index contributed by atoms with van der Waals surface area (Å²) in [5.41, 5.74) is 0.641. The number of nitrogens with one attached hydrogen (secondary N) is 1. The molecule has 0 unspecified atom stereocenters. The molecule has 0 bridgehead atoms. The van der Waals surface area contributed by atoms with Gasteiger partial charge in [0.2, 0.25) is 0 Å². The van der Waals surface area contributed by atoms with Gasteiger partial charge in [0.25, 0.3) is 5.69 Å². The Morgan fingerprint density at radius 1 is 1.54 bits per heavy atom. The molecule has 8 nitrogen and oxygen atoms in total. The van der Waals surface area contributed by atoms with Crippen molar-refractivity contribution in [2.45, 2.75) is 19.9 Å². The molecule has 138 valence electrons. The molecular formula is C17H18ClN3O5. The van der Waals surface area contributed by atoms with Crippen molar-refractivity contribution in [2.24, 2.45) is 0 Å². The highest BCUT2D eigenvalue weighted by Crippen LogP contribution is 2.35. The summed E-state index contributed by atoms with van der Waals surface area (Å²) in [5, 5.41) is 13.8. The molecule has 0 saturated heterocycles. The average molecular weight is 380 g/mol. The van der Waals surface area contributed by atoms with E-state index in [1.54, 1.807) is 13.8 Å². The van der Waals surface area contributed by atoms with Gasteiger partial charge in [0.05, 0.1) is 23.1 Å². The van der Waals surface area contributed by atoms with E-state index >= 15 is 0 Å². The maximum Gasteiger partial charge on any atom is 0.338 e. The van der Waals surface area contributed by atoms with Crippen molar-refractivity contribution in [3.8, 4) is 0 Å². The molecule has 1 atom stereocenters.